The molecule has 3 nitrogen and oxygen atoms in total. The standard InChI is InChI=1S/C16H23O3P.Li/c1-10-9-11(2)15(19-4)13(14(10)18-3)16(17)20-12-7-5-6-8-12;/h9,12,20H,5-8H2,1-4H3;. The molecule has 1 fully saturated rings. The van der Waals surface area contributed by atoms with Gasteiger partial charge < -0.3 is 9.47 Å². The number of hydrogen-bond acceptors (Lipinski definition) is 3. The molecule has 0 spiro atoms. The average molecular weight is 301 g/mol. The number of aryl methyl sites for hydroxylation is 2. The van der Waals surface area contributed by atoms with Crippen LogP contribution in [0.3, 0.4) is 0 Å². The normalized spacial score (nSPS) is 15.2. The van der Waals surface area contributed by atoms with Crippen molar-refractivity contribution in [2.75, 3.05) is 14.2 Å². The number of hydrogen-bond donors (Lipinski definition) is 0. The molecule has 5 heteroatoms. The van der Waals surface area contributed by atoms with E-state index < -0.39 is 0 Å². The maximum Gasteiger partial charge on any atom is 0.188 e. The second-order valence-corrected chi connectivity index (χ2v) is 6.97. The molecule has 0 heterocycles. The van der Waals surface area contributed by atoms with Gasteiger partial charge in [0.15, 0.2) is 5.52 Å². The molecule has 1 saturated carbocycles. The molecule has 1 aromatic carbocycles. The number of carbonyl (C=O) groups excluding carboxylic acids is 1. The molecule has 111 valence electrons. The Balaban J connectivity index is 0.00000220. The molecule has 0 aromatic heterocycles. The quantitative estimate of drug-likeness (QED) is 0.614. The van der Waals surface area contributed by atoms with E-state index in [0.717, 1.165) is 11.1 Å². The third-order valence-corrected chi connectivity index (χ3v) is 5.43. The van der Waals surface area contributed by atoms with E-state index in [4.69, 9.17) is 9.47 Å². The Bertz CT molecular complexity index is 482. The van der Waals surface area contributed by atoms with Crippen molar-refractivity contribution in [1.82, 2.24) is 0 Å². The summed E-state index contributed by atoms with van der Waals surface area (Å²) in [5, 5.41) is 0. The van der Waals surface area contributed by atoms with Crippen LogP contribution in [0.2, 0.25) is 0 Å². The first-order valence-electron chi connectivity index (χ1n) is 7.11. The van der Waals surface area contributed by atoms with Gasteiger partial charge in [-0.05, 0) is 58.1 Å². The Morgan fingerprint density at radius 1 is 1.10 bits per heavy atom. The molecule has 1 atom stereocenters. The van der Waals surface area contributed by atoms with Gasteiger partial charge in [0.2, 0.25) is 0 Å². The second-order valence-electron chi connectivity index (χ2n) is 5.41. The Morgan fingerprint density at radius 2 is 1.57 bits per heavy atom. The van der Waals surface area contributed by atoms with Crippen LogP contribution in [0.1, 0.15) is 47.2 Å². The third-order valence-electron chi connectivity index (χ3n) is 3.93. The van der Waals surface area contributed by atoms with E-state index in [9.17, 15) is 4.79 Å². The summed E-state index contributed by atoms with van der Waals surface area (Å²) in [5.74, 6) is 1.34. The molecule has 0 saturated heterocycles. The Morgan fingerprint density at radius 3 is 2.00 bits per heavy atom. The van der Waals surface area contributed by atoms with Crippen molar-refractivity contribution in [3.8, 4) is 11.5 Å². The average Bonchev–Trinajstić information content (AvgIpc) is 2.90. The number of methoxy groups -OCH3 is 2. The molecule has 2 rings (SSSR count). The predicted molar refractivity (Wildman–Crippen MR) is 89.7 cm³/mol. The Kier molecular flexibility index (Phi) is 7.28. The Labute approximate surface area is 141 Å². The SMILES string of the molecule is COc1c(C)cc(C)c(OC)c1C(=O)PC1CCCC1.[Li]. The van der Waals surface area contributed by atoms with E-state index in [2.05, 4.69) is 0 Å². The van der Waals surface area contributed by atoms with Crippen molar-refractivity contribution >= 4 is 33.0 Å². The van der Waals surface area contributed by atoms with Gasteiger partial charge in [-0.3, -0.25) is 4.79 Å². The summed E-state index contributed by atoms with van der Waals surface area (Å²) in [7, 11) is 3.56. The fraction of sp³-hybridized carbons (Fsp3) is 0.562. The Hall–Kier alpha value is -0.483. The van der Waals surface area contributed by atoms with E-state index in [1.54, 1.807) is 14.2 Å². The van der Waals surface area contributed by atoms with Crippen LogP contribution in [0, 0.1) is 13.8 Å². The van der Waals surface area contributed by atoms with E-state index in [-0.39, 0.29) is 24.4 Å². The zero-order valence-corrected chi connectivity index (χ0v) is 14.7. The summed E-state index contributed by atoms with van der Waals surface area (Å²) in [6.07, 6.45) is 4.87. The van der Waals surface area contributed by atoms with Gasteiger partial charge in [0.05, 0.1) is 14.2 Å². The molecule has 0 aliphatic heterocycles. The monoisotopic (exact) mass is 301 g/mol. The van der Waals surface area contributed by atoms with Crippen LogP contribution < -0.4 is 9.47 Å². The minimum absolute atomic E-state index is 0. The summed E-state index contributed by atoms with van der Waals surface area (Å²) >= 11 is 0. The molecule has 1 unspecified atom stereocenters. The van der Waals surface area contributed by atoms with Crippen LogP contribution in [0.4, 0.5) is 0 Å². The summed E-state index contributed by atoms with van der Waals surface area (Å²) in [4.78, 5) is 12.7. The van der Waals surface area contributed by atoms with Crippen molar-refractivity contribution in [3.63, 3.8) is 0 Å². The van der Waals surface area contributed by atoms with Crippen molar-refractivity contribution in [1.29, 1.82) is 0 Å². The second kappa shape index (κ2) is 8.23. The van der Waals surface area contributed by atoms with Crippen LogP contribution in [0.25, 0.3) is 0 Å². The number of benzene rings is 1. The maximum atomic E-state index is 12.7. The topological polar surface area (TPSA) is 35.5 Å². The first kappa shape index (κ1) is 18.6. The molecule has 0 bridgehead atoms. The van der Waals surface area contributed by atoms with Crippen LogP contribution in [-0.4, -0.2) is 44.3 Å². The molecule has 0 N–H and O–H groups in total. The van der Waals surface area contributed by atoms with Crippen molar-refractivity contribution in [2.45, 2.75) is 45.2 Å². The number of rotatable bonds is 5. The van der Waals surface area contributed by atoms with Crippen LogP contribution in [0.15, 0.2) is 6.07 Å². The van der Waals surface area contributed by atoms with Crippen LogP contribution in [-0.2, 0) is 0 Å². The largest absolute Gasteiger partial charge is 0.496 e. The van der Waals surface area contributed by atoms with Crippen LogP contribution in [0.5, 0.6) is 11.5 Å². The zero-order chi connectivity index (χ0) is 14.7. The summed E-state index contributed by atoms with van der Waals surface area (Å²) in [6, 6.07) is 2.01. The molecule has 21 heavy (non-hydrogen) atoms. The summed E-state index contributed by atoms with van der Waals surface area (Å²) in [6.45, 7) is 3.95. The number of ether oxygens (including phenoxy) is 2. The fourth-order valence-corrected chi connectivity index (χ4v) is 4.45. The summed E-state index contributed by atoms with van der Waals surface area (Å²) < 4.78 is 10.9. The van der Waals surface area contributed by atoms with Crippen molar-refractivity contribution < 1.29 is 14.3 Å². The minimum Gasteiger partial charge on any atom is -0.496 e. The first-order chi connectivity index (χ1) is 9.58. The first-order valence-corrected chi connectivity index (χ1v) is 8.19. The van der Waals surface area contributed by atoms with E-state index >= 15 is 0 Å². The third kappa shape index (κ3) is 4.04. The molecule has 1 radical (unpaired) electrons. The van der Waals surface area contributed by atoms with E-state index in [0.29, 0.717) is 31.3 Å². The van der Waals surface area contributed by atoms with Gasteiger partial charge in [-0.2, -0.15) is 0 Å². The maximum absolute atomic E-state index is 12.7. The molecule has 1 aliphatic rings. The molecule has 1 aliphatic carbocycles. The van der Waals surface area contributed by atoms with E-state index in [1.807, 2.05) is 19.9 Å². The smallest absolute Gasteiger partial charge is 0.188 e. The molecule has 0 amide bonds. The summed E-state index contributed by atoms with van der Waals surface area (Å²) in [5.41, 5.74) is 3.35. The van der Waals surface area contributed by atoms with Gasteiger partial charge >= 0.3 is 0 Å². The van der Waals surface area contributed by atoms with Crippen molar-refractivity contribution in [3.05, 3.63) is 22.8 Å². The van der Waals surface area contributed by atoms with Gasteiger partial charge in [0.25, 0.3) is 0 Å². The van der Waals surface area contributed by atoms with Gasteiger partial charge in [-0.15, -0.1) is 0 Å². The van der Waals surface area contributed by atoms with Gasteiger partial charge in [-0.25, -0.2) is 0 Å². The van der Waals surface area contributed by atoms with Gasteiger partial charge in [0.1, 0.15) is 17.1 Å². The molecular weight excluding hydrogens is 278 g/mol. The van der Waals surface area contributed by atoms with Crippen LogP contribution >= 0.6 is 8.58 Å². The fourth-order valence-electron chi connectivity index (χ4n) is 3.01. The predicted octanol–water partition coefficient (Wildman–Crippen LogP) is 3.70. The van der Waals surface area contributed by atoms with Gasteiger partial charge in [0, 0.05) is 18.9 Å². The molecule has 1 aromatic rings. The molecular formula is C16H23LiO3P. The van der Waals surface area contributed by atoms with E-state index in [1.165, 1.54) is 25.7 Å². The number of carbonyl (C=O) groups is 1. The minimum atomic E-state index is 0. The zero-order valence-electron chi connectivity index (χ0n) is 13.7. The van der Waals surface area contributed by atoms with Crippen molar-refractivity contribution in [2.24, 2.45) is 0 Å². The van der Waals surface area contributed by atoms with Gasteiger partial charge in [-0.1, -0.05) is 12.8 Å².